The van der Waals surface area contributed by atoms with Crippen molar-refractivity contribution in [2.45, 2.75) is 11.8 Å². The first kappa shape index (κ1) is 17.1. The normalized spacial score (nSPS) is 11.1. The van der Waals surface area contributed by atoms with Crippen molar-refractivity contribution in [2.24, 2.45) is 0 Å². The van der Waals surface area contributed by atoms with Gasteiger partial charge < -0.3 is 5.32 Å². The van der Waals surface area contributed by atoms with Gasteiger partial charge in [-0.25, -0.2) is 8.42 Å². The van der Waals surface area contributed by atoms with Crippen LogP contribution in [0.25, 0.3) is 0 Å². The number of para-hydroxylation sites is 1. The molecule has 8 heteroatoms. The van der Waals surface area contributed by atoms with Gasteiger partial charge in [-0.2, -0.15) is 0 Å². The summed E-state index contributed by atoms with van der Waals surface area (Å²) in [6.07, 6.45) is 2.96. The van der Waals surface area contributed by atoms with Crippen molar-refractivity contribution in [1.82, 2.24) is 4.98 Å². The van der Waals surface area contributed by atoms with Gasteiger partial charge in [0.05, 0.1) is 21.7 Å². The molecule has 0 saturated heterocycles. The highest BCUT2D eigenvalue weighted by atomic mass is 32.2. The summed E-state index contributed by atoms with van der Waals surface area (Å²) in [4.78, 5) is 16.6. The molecule has 0 saturated carbocycles. The molecule has 0 aliphatic heterocycles. The van der Waals surface area contributed by atoms with E-state index in [2.05, 4.69) is 15.0 Å². The highest BCUT2D eigenvalue weighted by Gasteiger charge is 2.19. The summed E-state index contributed by atoms with van der Waals surface area (Å²) in [5, 5.41) is 4.22. The molecule has 1 amide bonds. The fourth-order valence-electron chi connectivity index (χ4n) is 2.11. The maximum Gasteiger partial charge on any atom is 0.265 e. The molecule has 0 spiro atoms. The second-order valence-corrected chi connectivity index (χ2v) is 7.86. The third kappa shape index (κ3) is 4.04. The molecule has 25 heavy (non-hydrogen) atoms. The summed E-state index contributed by atoms with van der Waals surface area (Å²) in [6, 6.07) is 12.0. The van der Waals surface area contributed by atoms with Crippen LogP contribution in [0.3, 0.4) is 0 Å². The topological polar surface area (TPSA) is 88.2 Å². The number of aryl methyl sites for hydroxylation is 1. The van der Waals surface area contributed by atoms with Gasteiger partial charge in [-0.3, -0.25) is 14.5 Å². The number of amides is 1. The molecule has 0 fully saturated rings. The van der Waals surface area contributed by atoms with Crippen molar-refractivity contribution in [2.75, 3.05) is 10.0 Å². The van der Waals surface area contributed by atoms with Crippen LogP contribution in [-0.4, -0.2) is 19.3 Å². The second kappa shape index (κ2) is 7.04. The summed E-state index contributed by atoms with van der Waals surface area (Å²) in [5.41, 5.74) is 1.98. The molecule has 2 N–H and O–H groups in total. The molecule has 0 radical (unpaired) electrons. The number of nitrogens with one attached hydrogen (secondary N) is 2. The first-order chi connectivity index (χ1) is 12.0. The molecule has 3 aromatic rings. The number of rotatable bonds is 5. The third-order valence-electron chi connectivity index (χ3n) is 3.42. The number of aromatic nitrogens is 1. The summed E-state index contributed by atoms with van der Waals surface area (Å²) < 4.78 is 27.2. The van der Waals surface area contributed by atoms with Crippen molar-refractivity contribution in [3.63, 3.8) is 0 Å². The Hall–Kier alpha value is -2.71. The average molecular weight is 373 g/mol. The van der Waals surface area contributed by atoms with E-state index < -0.39 is 10.0 Å². The Bertz CT molecular complexity index is 999. The predicted octanol–water partition coefficient (Wildman–Crippen LogP) is 3.50. The van der Waals surface area contributed by atoms with Crippen molar-refractivity contribution in [3.05, 3.63) is 70.7 Å². The van der Waals surface area contributed by atoms with Crippen LogP contribution in [0, 0.1) is 6.92 Å². The van der Waals surface area contributed by atoms with Crippen LogP contribution in [-0.2, 0) is 10.0 Å². The maximum atomic E-state index is 12.4. The number of thiophene rings is 1. The highest BCUT2D eigenvalue weighted by molar-refractivity contribution is 7.92. The lowest BCUT2D eigenvalue weighted by molar-refractivity contribution is 0.103. The standard InChI is InChI=1S/C17H15N3O3S2/c1-12-5-2-3-7-15(12)19-17(21)16-9-14(11-24-16)25(22,23)20-13-6-4-8-18-10-13/h2-11,20H,1H3,(H,19,21). The van der Waals surface area contributed by atoms with Crippen LogP contribution in [0.15, 0.2) is 65.1 Å². The van der Waals surface area contributed by atoms with Crippen molar-refractivity contribution >= 4 is 38.6 Å². The number of sulfonamides is 1. The quantitative estimate of drug-likeness (QED) is 0.716. The first-order valence-corrected chi connectivity index (χ1v) is 9.70. The minimum atomic E-state index is -3.77. The largest absolute Gasteiger partial charge is 0.321 e. The lowest BCUT2D eigenvalue weighted by Gasteiger charge is -2.06. The van der Waals surface area contributed by atoms with Gasteiger partial charge in [0.25, 0.3) is 15.9 Å². The number of nitrogens with zero attached hydrogens (tertiary/aromatic N) is 1. The minimum Gasteiger partial charge on any atom is -0.321 e. The van der Waals surface area contributed by atoms with Crippen molar-refractivity contribution in [3.8, 4) is 0 Å². The Balaban J connectivity index is 1.77. The van der Waals surface area contributed by atoms with E-state index in [0.29, 0.717) is 16.3 Å². The molecule has 0 aliphatic carbocycles. The molecular formula is C17H15N3O3S2. The molecular weight excluding hydrogens is 358 g/mol. The molecule has 0 atom stereocenters. The van der Waals surface area contributed by atoms with E-state index in [1.54, 1.807) is 24.4 Å². The summed E-state index contributed by atoms with van der Waals surface area (Å²) in [5.74, 6) is -0.345. The van der Waals surface area contributed by atoms with Gasteiger partial charge in [-0.15, -0.1) is 11.3 Å². The lowest BCUT2D eigenvalue weighted by Crippen LogP contribution is -2.13. The van der Waals surface area contributed by atoms with E-state index in [0.717, 1.165) is 16.9 Å². The van der Waals surface area contributed by atoms with Gasteiger partial charge >= 0.3 is 0 Å². The third-order valence-corrected chi connectivity index (χ3v) is 5.86. The molecule has 2 heterocycles. The molecule has 6 nitrogen and oxygen atoms in total. The fraction of sp³-hybridized carbons (Fsp3) is 0.0588. The van der Waals surface area contributed by atoms with Crippen LogP contribution >= 0.6 is 11.3 Å². The van der Waals surface area contributed by atoms with Crippen molar-refractivity contribution in [1.29, 1.82) is 0 Å². The Morgan fingerprint density at radius 3 is 2.68 bits per heavy atom. The van der Waals surface area contributed by atoms with E-state index in [1.807, 2.05) is 25.1 Å². The summed E-state index contributed by atoms with van der Waals surface area (Å²) in [6.45, 7) is 1.89. The molecule has 0 unspecified atom stereocenters. The van der Waals surface area contributed by atoms with E-state index in [9.17, 15) is 13.2 Å². The zero-order valence-electron chi connectivity index (χ0n) is 13.3. The summed E-state index contributed by atoms with van der Waals surface area (Å²) >= 11 is 1.07. The SMILES string of the molecule is Cc1ccccc1NC(=O)c1cc(S(=O)(=O)Nc2cccnc2)cs1. The molecule has 3 rings (SSSR count). The van der Waals surface area contributed by atoms with E-state index in [4.69, 9.17) is 0 Å². The summed E-state index contributed by atoms with van der Waals surface area (Å²) in [7, 11) is -3.77. The highest BCUT2D eigenvalue weighted by Crippen LogP contribution is 2.23. The van der Waals surface area contributed by atoms with E-state index in [-0.39, 0.29) is 10.8 Å². The van der Waals surface area contributed by atoms with Gasteiger partial charge in [0, 0.05) is 17.3 Å². The monoisotopic (exact) mass is 373 g/mol. The Labute approximate surface area is 149 Å². The van der Waals surface area contributed by atoms with Gasteiger partial charge in [0.2, 0.25) is 0 Å². The molecule has 0 bridgehead atoms. The smallest absolute Gasteiger partial charge is 0.265 e. The van der Waals surface area contributed by atoms with E-state index >= 15 is 0 Å². The number of pyridine rings is 1. The van der Waals surface area contributed by atoms with E-state index in [1.165, 1.54) is 17.6 Å². The lowest BCUT2D eigenvalue weighted by atomic mass is 10.2. The zero-order valence-corrected chi connectivity index (χ0v) is 14.9. The van der Waals surface area contributed by atoms with Crippen LogP contribution in [0.2, 0.25) is 0 Å². The molecule has 2 aromatic heterocycles. The number of carbonyl (C=O) groups excluding carboxylic acids is 1. The number of anilines is 2. The fourth-order valence-corrected chi connectivity index (χ4v) is 4.32. The molecule has 1 aromatic carbocycles. The van der Waals surface area contributed by atoms with Crippen LogP contribution in [0.1, 0.15) is 15.2 Å². The van der Waals surface area contributed by atoms with Crippen LogP contribution in [0.4, 0.5) is 11.4 Å². The average Bonchev–Trinajstić information content (AvgIpc) is 3.09. The molecule has 128 valence electrons. The Morgan fingerprint density at radius 2 is 1.96 bits per heavy atom. The predicted molar refractivity (Wildman–Crippen MR) is 98.5 cm³/mol. The number of hydrogen-bond acceptors (Lipinski definition) is 5. The molecule has 0 aliphatic rings. The van der Waals surface area contributed by atoms with Crippen LogP contribution < -0.4 is 10.0 Å². The minimum absolute atomic E-state index is 0.0382. The first-order valence-electron chi connectivity index (χ1n) is 7.34. The van der Waals surface area contributed by atoms with Gasteiger partial charge in [-0.1, -0.05) is 18.2 Å². The number of carbonyl (C=O) groups is 1. The van der Waals surface area contributed by atoms with Crippen molar-refractivity contribution < 1.29 is 13.2 Å². The maximum absolute atomic E-state index is 12.4. The number of hydrogen-bond donors (Lipinski definition) is 2. The Kier molecular flexibility index (Phi) is 4.82. The van der Waals surface area contributed by atoms with Gasteiger partial charge in [0.15, 0.2) is 0 Å². The second-order valence-electron chi connectivity index (χ2n) is 5.26. The zero-order chi connectivity index (χ0) is 17.9. The number of benzene rings is 1. The Morgan fingerprint density at radius 1 is 1.16 bits per heavy atom. The van der Waals surface area contributed by atoms with Gasteiger partial charge in [0.1, 0.15) is 0 Å². The van der Waals surface area contributed by atoms with Gasteiger partial charge in [-0.05, 0) is 36.8 Å². The van der Waals surface area contributed by atoms with Crippen LogP contribution in [0.5, 0.6) is 0 Å².